The quantitative estimate of drug-likeness (QED) is 0.293. The number of nitrogens with one attached hydrogen (secondary N) is 1. The molecular formula is C21H38ClN3O2. The van der Waals surface area contributed by atoms with E-state index in [1.807, 2.05) is 0 Å². The number of carboxylic acids is 1. The Morgan fingerprint density at radius 2 is 1.22 bits per heavy atom. The molecule has 1 heterocycles. The molecule has 5 nitrogen and oxygen atoms in total. The smallest absolute Gasteiger partial charge is 0.338 e. The van der Waals surface area contributed by atoms with E-state index in [-0.39, 0.29) is 18.0 Å². The standard InChI is InChI=1S/C21H37N3O2.ClH/c1-2-3-4-5-6-7-8-9-10-11-12-13-14-15-16-22-21-23-17-19(18-24-21)20(25)26;/h17-18H,2-16H2,1H3,(H,25,26)(H,22,23,24);1H. The molecule has 0 fully saturated rings. The first-order chi connectivity index (χ1) is 12.7. The molecule has 27 heavy (non-hydrogen) atoms. The minimum absolute atomic E-state index is 0. The molecule has 2 N–H and O–H groups in total. The van der Waals surface area contributed by atoms with Crippen LogP contribution >= 0.6 is 12.4 Å². The highest BCUT2D eigenvalue weighted by Crippen LogP contribution is 2.13. The summed E-state index contributed by atoms with van der Waals surface area (Å²) < 4.78 is 0. The fourth-order valence-corrected chi connectivity index (χ4v) is 3.05. The van der Waals surface area contributed by atoms with E-state index in [1.165, 1.54) is 95.9 Å². The number of carboxylic acid groups (broad SMARTS) is 1. The summed E-state index contributed by atoms with van der Waals surface area (Å²) in [6.07, 6.45) is 21.6. The van der Waals surface area contributed by atoms with Crippen molar-refractivity contribution < 1.29 is 9.90 Å². The zero-order valence-corrected chi connectivity index (χ0v) is 17.7. The topological polar surface area (TPSA) is 75.1 Å². The van der Waals surface area contributed by atoms with Gasteiger partial charge in [0, 0.05) is 18.9 Å². The Hall–Kier alpha value is -1.36. The van der Waals surface area contributed by atoms with Gasteiger partial charge >= 0.3 is 5.97 Å². The van der Waals surface area contributed by atoms with Crippen LogP contribution in [0, 0.1) is 0 Å². The van der Waals surface area contributed by atoms with Crippen molar-refractivity contribution in [1.29, 1.82) is 0 Å². The highest BCUT2D eigenvalue weighted by Gasteiger charge is 2.03. The van der Waals surface area contributed by atoms with Gasteiger partial charge in [0.2, 0.25) is 5.95 Å². The van der Waals surface area contributed by atoms with Gasteiger partial charge in [0.1, 0.15) is 0 Å². The summed E-state index contributed by atoms with van der Waals surface area (Å²) in [5, 5.41) is 11.9. The van der Waals surface area contributed by atoms with E-state index < -0.39 is 5.97 Å². The fraction of sp³-hybridized carbons (Fsp3) is 0.762. The highest BCUT2D eigenvalue weighted by molar-refractivity contribution is 5.86. The van der Waals surface area contributed by atoms with Crippen molar-refractivity contribution in [2.75, 3.05) is 11.9 Å². The highest BCUT2D eigenvalue weighted by atomic mass is 35.5. The Labute approximate surface area is 171 Å². The van der Waals surface area contributed by atoms with E-state index in [1.54, 1.807) is 0 Å². The van der Waals surface area contributed by atoms with Crippen LogP contribution in [0.5, 0.6) is 0 Å². The molecule has 0 aliphatic heterocycles. The SMILES string of the molecule is CCCCCCCCCCCCCCCCNc1ncc(C(=O)O)cn1.Cl. The Morgan fingerprint density at radius 1 is 0.815 bits per heavy atom. The second kappa shape index (κ2) is 18.0. The second-order valence-corrected chi connectivity index (χ2v) is 7.12. The van der Waals surface area contributed by atoms with Gasteiger partial charge in [-0.3, -0.25) is 0 Å². The third-order valence-electron chi connectivity index (χ3n) is 4.71. The lowest BCUT2D eigenvalue weighted by molar-refractivity contribution is 0.0696. The summed E-state index contributed by atoms with van der Waals surface area (Å²) in [7, 11) is 0. The molecule has 0 saturated heterocycles. The van der Waals surface area contributed by atoms with E-state index in [0.717, 1.165) is 13.0 Å². The maximum absolute atomic E-state index is 10.7. The molecule has 0 radical (unpaired) electrons. The number of hydrogen-bond donors (Lipinski definition) is 2. The molecule has 1 aromatic rings. The first-order valence-corrected chi connectivity index (χ1v) is 10.5. The van der Waals surface area contributed by atoms with Crippen molar-refractivity contribution in [2.24, 2.45) is 0 Å². The lowest BCUT2D eigenvalue weighted by Gasteiger charge is -2.05. The van der Waals surface area contributed by atoms with Gasteiger partial charge < -0.3 is 10.4 Å². The normalized spacial score (nSPS) is 10.4. The summed E-state index contributed by atoms with van der Waals surface area (Å²) in [5.74, 6) is -0.492. The van der Waals surface area contributed by atoms with E-state index in [2.05, 4.69) is 22.2 Å². The zero-order chi connectivity index (χ0) is 18.9. The van der Waals surface area contributed by atoms with Crippen LogP contribution in [0.3, 0.4) is 0 Å². The van der Waals surface area contributed by atoms with E-state index in [4.69, 9.17) is 5.11 Å². The summed E-state index contributed by atoms with van der Waals surface area (Å²) in [4.78, 5) is 18.7. The van der Waals surface area contributed by atoms with Crippen LogP contribution in [0.15, 0.2) is 12.4 Å². The van der Waals surface area contributed by atoms with Crippen LogP contribution in [0.4, 0.5) is 5.95 Å². The summed E-state index contributed by atoms with van der Waals surface area (Å²) in [5.41, 5.74) is 0.118. The van der Waals surface area contributed by atoms with Crippen molar-refractivity contribution in [3.05, 3.63) is 18.0 Å². The Bertz CT molecular complexity index is 469. The third-order valence-corrected chi connectivity index (χ3v) is 4.71. The first-order valence-electron chi connectivity index (χ1n) is 10.5. The van der Waals surface area contributed by atoms with Crippen LogP contribution in [-0.2, 0) is 0 Å². The van der Waals surface area contributed by atoms with Crippen LogP contribution in [0.1, 0.15) is 107 Å². The monoisotopic (exact) mass is 399 g/mol. The molecule has 0 aliphatic carbocycles. The van der Waals surface area contributed by atoms with Crippen molar-refractivity contribution >= 4 is 24.3 Å². The van der Waals surface area contributed by atoms with E-state index in [9.17, 15) is 4.79 Å². The van der Waals surface area contributed by atoms with Gasteiger partial charge in [0.25, 0.3) is 0 Å². The zero-order valence-electron chi connectivity index (χ0n) is 16.9. The molecule has 0 amide bonds. The number of nitrogens with zero attached hydrogens (tertiary/aromatic N) is 2. The molecule has 156 valence electrons. The summed E-state index contributed by atoms with van der Waals surface area (Å²) in [6, 6.07) is 0. The molecule has 0 saturated carbocycles. The molecule has 0 unspecified atom stereocenters. The van der Waals surface area contributed by atoms with Crippen LogP contribution in [0.2, 0.25) is 0 Å². The largest absolute Gasteiger partial charge is 0.478 e. The molecule has 0 bridgehead atoms. The summed E-state index contributed by atoms with van der Waals surface area (Å²) in [6.45, 7) is 3.11. The predicted molar refractivity (Wildman–Crippen MR) is 115 cm³/mol. The van der Waals surface area contributed by atoms with Crippen LogP contribution in [0.25, 0.3) is 0 Å². The first kappa shape index (κ1) is 25.6. The second-order valence-electron chi connectivity index (χ2n) is 7.12. The Balaban J connectivity index is 0.00000676. The average molecular weight is 400 g/mol. The molecule has 0 atom stereocenters. The number of rotatable bonds is 17. The van der Waals surface area contributed by atoms with Crippen LogP contribution < -0.4 is 5.32 Å². The van der Waals surface area contributed by atoms with Gasteiger partial charge in [-0.15, -0.1) is 12.4 Å². The maximum atomic E-state index is 10.7. The molecule has 0 aromatic carbocycles. The number of hydrogen-bond acceptors (Lipinski definition) is 4. The lowest BCUT2D eigenvalue weighted by atomic mass is 10.0. The molecule has 0 spiro atoms. The molecule has 6 heteroatoms. The number of aromatic nitrogens is 2. The number of halogens is 1. The average Bonchev–Trinajstić information content (AvgIpc) is 2.65. The molecule has 0 aliphatic rings. The predicted octanol–water partition coefficient (Wildman–Crippen LogP) is 6.49. The van der Waals surface area contributed by atoms with Gasteiger partial charge in [-0.25, -0.2) is 14.8 Å². The van der Waals surface area contributed by atoms with E-state index >= 15 is 0 Å². The van der Waals surface area contributed by atoms with Crippen LogP contribution in [-0.4, -0.2) is 27.6 Å². The number of carbonyl (C=O) groups is 1. The maximum Gasteiger partial charge on any atom is 0.338 e. The van der Waals surface area contributed by atoms with Gasteiger partial charge in [-0.1, -0.05) is 90.4 Å². The van der Waals surface area contributed by atoms with Gasteiger partial charge in [0.05, 0.1) is 5.56 Å². The lowest BCUT2D eigenvalue weighted by Crippen LogP contribution is -2.07. The number of anilines is 1. The van der Waals surface area contributed by atoms with Crippen molar-refractivity contribution in [2.45, 2.75) is 96.8 Å². The fourth-order valence-electron chi connectivity index (χ4n) is 3.05. The van der Waals surface area contributed by atoms with Gasteiger partial charge in [-0.2, -0.15) is 0 Å². The Morgan fingerprint density at radius 3 is 1.63 bits per heavy atom. The van der Waals surface area contributed by atoms with Crippen molar-refractivity contribution in [1.82, 2.24) is 9.97 Å². The summed E-state index contributed by atoms with van der Waals surface area (Å²) >= 11 is 0. The third kappa shape index (κ3) is 14.4. The van der Waals surface area contributed by atoms with Gasteiger partial charge in [-0.05, 0) is 6.42 Å². The van der Waals surface area contributed by atoms with Crippen molar-refractivity contribution in [3.8, 4) is 0 Å². The molecular weight excluding hydrogens is 362 g/mol. The molecule has 1 aromatic heterocycles. The molecule has 1 rings (SSSR count). The van der Waals surface area contributed by atoms with Crippen molar-refractivity contribution in [3.63, 3.8) is 0 Å². The van der Waals surface area contributed by atoms with E-state index in [0.29, 0.717) is 5.95 Å². The number of aromatic carboxylic acids is 1. The minimum Gasteiger partial charge on any atom is -0.478 e. The van der Waals surface area contributed by atoms with Gasteiger partial charge in [0.15, 0.2) is 0 Å². The minimum atomic E-state index is -0.997. The Kier molecular flexibility index (Phi) is 17.1. The number of unbranched alkanes of at least 4 members (excludes halogenated alkanes) is 13.